The quantitative estimate of drug-likeness (QED) is 0.837. The Kier molecular flexibility index (Phi) is 6.87. The Morgan fingerprint density at radius 3 is 2.91 bits per heavy atom. The Balaban J connectivity index is 2.04. The van der Waals surface area contributed by atoms with E-state index in [0.717, 1.165) is 6.42 Å². The number of nitrogens with zero attached hydrogens (tertiary/aromatic N) is 1. The summed E-state index contributed by atoms with van der Waals surface area (Å²) in [6, 6.07) is 4.01. The number of morpholine rings is 1. The van der Waals surface area contributed by atoms with E-state index in [-0.39, 0.29) is 18.1 Å². The molecule has 0 radical (unpaired) electrons. The van der Waals surface area contributed by atoms with E-state index in [9.17, 15) is 9.90 Å². The van der Waals surface area contributed by atoms with Gasteiger partial charge in [0.05, 0.1) is 31.4 Å². The van der Waals surface area contributed by atoms with Crippen molar-refractivity contribution < 1.29 is 14.6 Å². The van der Waals surface area contributed by atoms with Crippen LogP contribution in [-0.4, -0.2) is 47.9 Å². The fourth-order valence-corrected chi connectivity index (χ4v) is 3.74. The van der Waals surface area contributed by atoms with Gasteiger partial charge in [-0.15, -0.1) is 11.3 Å². The minimum Gasteiger partial charge on any atom is -0.393 e. The molecule has 2 amide bonds. The number of aliphatic hydroxyl groups is 1. The van der Waals surface area contributed by atoms with Crippen molar-refractivity contribution in [2.75, 3.05) is 19.8 Å². The van der Waals surface area contributed by atoms with E-state index in [2.05, 4.69) is 25.2 Å². The number of amides is 2. The van der Waals surface area contributed by atoms with Gasteiger partial charge in [-0.05, 0) is 37.1 Å². The molecule has 0 saturated carbocycles. The summed E-state index contributed by atoms with van der Waals surface area (Å²) in [4.78, 5) is 15.8. The predicted molar refractivity (Wildman–Crippen MR) is 92.7 cm³/mol. The molecule has 1 aromatic heterocycles. The second kappa shape index (κ2) is 8.66. The molecule has 1 aliphatic rings. The molecule has 23 heavy (non-hydrogen) atoms. The third kappa shape index (κ3) is 5.48. The van der Waals surface area contributed by atoms with E-state index < -0.39 is 6.10 Å². The Morgan fingerprint density at radius 2 is 2.30 bits per heavy atom. The Bertz CT molecular complexity index is 476. The number of carbonyl (C=O) groups excluding carboxylic acids is 1. The first kappa shape index (κ1) is 18.2. The number of hydrogen-bond donors (Lipinski definition) is 2. The second-order valence-electron chi connectivity index (χ2n) is 6.65. The zero-order valence-corrected chi connectivity index (χ0v) is 15.0. The monoisotopic (exact) mass is 340 g/mol. The number of rotatable bonds is 6. The van der Waals surface area contributed by atoms with E-state index in [1.54, 1.807) is 18.3 Å². The molecular formula is C17H28N2O3S. The number of thiophene rings is 1. The lowest BCUT2D eigenvalue weighted by molar-refractivity contribution is -0.00492. The van der Waals surface area contributed by atoms with Crippen molar-refractivity contribution in [3.8, 4) is 0 Å². The molecule has 3 atom stereocenters. The maximum atomic E-state index is 12.8. The van der Waals surface area contributed by atoms with Crippen LogP contribution in [0.15, 0.2) is 17.5 Å². The average molecular weight is 340 g/mol. The molecule has 1 aliphatic heterocycles. The van der Waals surface area contributed by atoms with E-state index >= 15 is 0 Å². The summed E-state index contributed by atoms with van der Waals surface area (Å²) in [5.41, 5.74) is 0. The standard InChI is InChI=1S/C17H28N2O3S/c1-12(2)9-15(16-5-4-8-23-16)18-17(21)19-6-7-22-11-14(19)10-13(3)20/h4-5,8,12-15,20H,6-7,9-11H2,1-3H3,(H,18,21). The van der Waals surface area contributed by atoms with Crippen LogP contribution in [0.1, 0.15) is 44.5 Å². The van der Waals surface area contributed by atoms with Gasteiger partial charge in [0.1, 0.15) is 0 Å². The van der Waals surface area contributed by atoms with Crippen molar-refractivity contribution in [1.82, 2.24) is 10.2 Å². The first-order chi connectivity index (χ1) is 11.0. The van der Waals surface area contributed by atoms with Crippen molar-refractivity contribution in [2.45, 2.75) is 51.8 Å². The topological polar surface area (TPSA) is 61.8 Å². The molecule has 2 N–H and O–H groups in total. The zero-order valence-electron chi connectivity index (χ0n) is 14.2. The Morgan fingerprint density at radius 1 is 1.52 bits per heavy atom. The van der Waals surface area contributed by atoms with Crippen molar-refractivity contribution in [2.24, 2.45) is 5.92 Å². The molecule has 2 rings (SSSR count). The highest BCUT2D eigenvalue weighted by Gasteiger charge is 2.30. The first-order valence-electron chi connectivity index (χ1n) is 8.33. The summed E-state index contributed by atoms with van der Waals surface area (Å²) in [6.07, 6.45) is 1.01. The summed E-state index contributed by atoms with van der Waals surface area (Å²) >= 11 is 1.68. The van der Waals surface area contributed by atoms with Gasteiger partial charge in [-0.25, -0.2) is 4.79 Å². The maximum absolute atomic E-state index is 12.8. The summed E-state index contributed by atoms with van der Waals surface area (Å²) in [5.74, 6) is 0.500. The molecule has 0 aliphatic carbocycles. The molecule has 1 saturated heterocycles. The Labute approximate surface area is 142 Å². The number of aliphatic hydroxyl groups excluding tert-OH is 1. The van der Waals surface area contributed by atoms with Crippen LogP contribution in [0.4, 0.5) is 4.79 Å². The molecule has 5 nitrogen and oxygen atoms in total. The number of nitrogens with one attached hydrogen (secondary N) is 1. The molecular weight excluding hydrogens is 312 g/mol. The SMILES string of the molecule is CC(C)CC(NC(=O)N1CCOCC1CC(C)O)c1cccs1. The van der Waals surface area contributed by atoms with E-state index in [0.29, 0.717) is 32.1 Å². The summed E-state index contributed by atoms with van der Waals surface area (Å²) in [6.45, 7) is 7.69. The van der Waals surface area contributed by atoms with Gasteiger partial charge in [-0.1, -0.05) is 19.9 Å². The molecule has 0 aromatic carbocycles. The number of ether oxygens (including phenoxy) is 1. The largest absolute Gasteiger partial charge is 0.393 e. The lowest BCUT2D eigenvalue weighted by atomic mass is 10.0. The van der Waals surface area contributed by atoms with Gasteiger partial charge in [-0.2, -0.15) is 0 Å². The Hall–Kier alpha value is -1.11. The van der Waals surface area contributed by atoms with Gasteiger partial charge in [0.2, 0.25) is 0 Å². The number of carbonyl (C=O) groups is 1. The van der Waals surface area contributed by atoms with Crippen molar-refractivity contribution in [1.29, 1.82) is 0 Å². The van der Waals surface area contributed by atoms with E-state index in [1.165, 1.54) is 4.88 Å². The lowest BCUT2D eigenvalue weighted by Crippen LogP contribution is -2.53. The highest BCUT2D eigenvalue weighted by molar-refractivity contribution is 7.10. The van der Waals surface area contributed by atoms with Crippen LogP contribution in [0.3, 0.4) is 0 Å². The van der Waals surface area contributed by atoms with Gasteiger partial charge in [0, 0.05) is 11.4 Å². The van der Waals surface area contributed by atoms with Crippen LogP contribution in [0.25, 0.3) is 0 Å². The highest BCUT2D eigenvalue weighted by atomic mass is 32.1. The minimum atomic E-state index is -0.444. The smallest absolute Gasteiger partial charge is 0.318 e. The minimum absolute atomic E-state index is 0.0394. The summed E-state index contributed by atoms with van der Waals surface area (Å²) in [5, 5.41) is 14.9. The van der Waals surface area contributed by atoms with E-state index in [4.69, 9.17) is 4.74 Å². The number of hydrogen-bond acceptors (Lipinski definition) is 4. The second-order valence-corrected chi connectivity index (χ2v) is 7.63. The van der Waals surface area contributed by atoms with Gasteiger partial charge in [0.25, 0.3) is 0 Å². The van der Waals surface area contributed by atoms with Gasteiger partial charge < -0.3 is 20.1 Å². The van der Waals surface area contributed by atoms with Gasteiger partial charge in [0.15, 0.2) is 0 Å². The molecule has 0 spiro atoms. The number of urea groups is 1. The summed E-state index contributed by atoms with van der Waals surface area (Å²) < 4.78 is 5.47. The first-order valence-corrected chi connectivity index (χ1v) is 9.21. The summed E-state index contributed by atoms with van der Waals surface area (Å²) in [7, 11) is 0. The van der Waals surface area contributed by atoms with Crippen molar-refractivity contribution in [3.63, 3.8) is 0 Å². The molecule has 1 aromatic rings. The third-order valence-corrected chi connectivity index (χ3v) is 4.98. The predicted octanol–water partition coefficient (Wildman–Crippen LogP) is 3.02. The molecule has 1 fully saturated rings. The molecule has 3 unspecified atom stereocenters. The molecule has 6 heteroatoms. The maximum Gasteiger partial charge on any atom is 0.318 e. The molecule has 0 bridgehead atoms. The van der Waals surface area contributed by atoms with Gasteiger partial charge in [-0.3, -0.25) is 0 Å². The van der Waals surface area contributed by atoms with Crippen LogP contribution in [0.5, 0.6) is 0 Å². The fraction of sp³-hybridized carbons (Fsp3) is 0.706. The zero-order chi connectivity index (χ0) is 16.8. The molecule has 2 heterocycles. The normalized spacial score (nSPS) is 21.3. The van der Waals surface area contributed by atoms with Crippen LogP contribution in [0.2, 0.25) is 0 Å². The van der Waals surface area contributed by atoms with Crippen LogP contribution >= 0.6 is 11.3 Å². The average Bonchev–Trinajstić information content (AvgIpc) is 3.00. The van der Waals surface area contributed by atoms with Crippen molar-refractivity contribution in [3.05, 3.63) is 22.4 Å². The van der Waals surface area contributed by atoms with Crippen LogP contribution in [-0.2, 0) is 4.74 Å². The lowest BCUT2D eigenvalue weighted by Gasteiger charge is -2.37. The third-order valence-electron chi connectivity index (χ3n) is 3.99. The van der Waals surface area contributed by atoms with E-state index in [1.807, 2.05) is 16.3 Å². The highest BCUT2D eigenvalue weighted by Crippen LogP contribution is 2.26. The van der Waals surface area contributed by atoms with Crippen LogP contribution < -0.4 is 5.32 Å². The van der Waals surface area contributed by atoms with Crippen molar-refractivity contribution >= 4 is 17.4 Å². The van der Waals surface area contributed by atoms with Gasteiger partial charge >= 0.3 is 6.03 Å². The molecule has 130 valence electrons. The van der Waals surface area contributed by atoms with Crippen LogP contribution in [0, 0.1) is 5.92 Å². The fourth-order valence-electron chi connectivity index (χ4n) is 2.95.